The topological polar surface area (TPSA) is 43.4 Å². The molecule has 1 saturated heterocycles. The van der Waals surface area contributed by atoms with E-state index in [1.54, 1.807) is 13.3 Å². The molecule has 0 radical (unpaired) electrons. The Labute approximate surface area is 96.0 Å². The van der Waals surface area contributed by atoms with Crippen LogP contribution in [0.1, 0.15) is 12.8 Å². The highest BCUT2D eigenvalue weighted by Crippen LogP contribution is 2.24. The van der Waals surface area contributed by atoms with E-state index in [-0.39, 0.29) is 0 Å². The minimum atomic E-state index is 0.561. The molecule has 1 atom stereocenters. The number of aromatic nitrogens is 1. The maximum atomic E-state index is 5.74. The number of hydrogen-bond acceptors (Lipinski definition) is 4. The van der Waals surface area contributed by atoms with Gasteiger partial charge in [-0.2, -0.15) is 0 Å². The van der Waals surface area contributed by atoms with Gasteiger partial charge in [-0.15, -0.1) is 0 Å². The summed E-state index contributed by atoms with van der Waals surface area (Å²) in [5, 5.41) is 3.37. The van der Waals surface area contributed by atoms with Crippen molar-refractivity contribution in [2.75, 3.05) is 26.8 Å². The monoisotopic (exact) mass is 222 g/mol. The minimum absolute atomic E-state index is 0.561. The van der Waals surface area contributed by atoms with E-state index in [1.165, 1.54) is 12.8 Å². The number of nitrogens with one attached hydrogen (secondary N) is 1. The highest BCUT2D eigenvalue weighted by molar-refractivity contribution is 5.32. The summed E-state index contributed by atoms with van der Waals surface area (Å²) in [5.41, 5.74) is 0. The average Bonchev–Trinajstić information content (AvgIpc) is 2.38. The van der Waals surface area contributed by atoms with Crippen LogP contribution in [-0.4, -0.2) is 31.8 Å². The summed E-state index contributed by atoms with van der Waals surface area (Å²) in [7, 11) is 1.61. The highest BCUT2D eigenvalue weighted by Gasteiger charge is 2.14. The van der Waals surface area contributed by atoms with Gasteiger partial charge in [0.2, 0.25) is 0 Å². The average molecular weight is 222 g/mol. The lowest BCUT2D eigenvalue weighted by atomic mass is 10.0. The summed E-state index contributed by atoms with van der Waals surface area (Å²) >= 11 is 0. The number of ether oxygens (including phenoxy) is 2. The molecule has 88 valence electrons. The van der Waals surface area contributed by atoms with Crippen molar-refractivity contribution in [1.29, 1.82) is 0 Å². The lowest BCUT2D eigenvalue weighted by Crippen LogP contribution is -2.33. The summed E-state index contributed by atoms with van der Waals surface area (Å²) in [6.07, 6.45) is 4.17. The lowest BCUT2D eigenvalue weighted by Gasteiger charge is -2.22. The second-order valence-electron chi connectivity index (χ2n) is 4.03. The van der Waals surface area contributed by atoms with Crippen molar-refractivity contribution >= 4 is 0 Å². The van der Waals surface area contributed by atoms with Crippen LogP contribution in [0, 0.1) is 5.92 Å². The molecule has 1 unspecified atom stereocenters. The molecule has 0 amide bonds. The SMILES string of the molecule is COc1ncccc1OCC1CCCNC1. The van der Waals surface area contributed by atoms with Gasteiger partial charge in [-0.25, -0.2) is 4.98 Å². The molecule has 16 heavy (non-hydrogen) atoms. The highest BCUT2D eigenvalue weighted by atomic mass is 16.5. The van der Waals surface area contributed by atoms with E-state index >= 15 is 0 Å². The Bertz CT molecular complexity index is 325. The van der Waals surface area contributed by atoms with Crippen LogP contribution in [-0.2, 0) is 0 Å². The first kappa shape index (κ1) is 11.2. The molecule has 1 fully saturated rings. The third-order valence-electron chi connectivity index (χ3n) is 2.80. The molecule has 2 rings (SSSR count). The van der Waals surface area contributed by atoms with Crippen LogP contribution in [0.5, 0.6) is 11.6 Å². The number of methoxy groups -OCH3 is 1. The lowest BCUT2D eigenvalue weighted by molar-refractivity contribution is 0.209. The predicted molar refractivity (Wildman–Crippen MR) is 61.9 cm³/mol. The number of piperidine rings is 1. The Hall–Kier alpha value is -1.29. The van der Waals surface area contributed by atoms with Crippen LogP contribution in [0.25, 0.3) is 0 Å². The molecule has 1 aliphatic heterocycles. The molecular weight excluding hydrogens is 204 g/mol. The van der Waals surface area contributed by atoms with Crippen LogP contribution in [0.2, 0.25) is 0 Å². The van der Waals surface area contributed by atoms with E-state index in [4.69, 9.17) is 9.47 Å². The molecule has 4 heteroatoms. The van der Waals surface area contributed by atoms with Gasteiger partial charge in [-0.1, -0.05) is 0 Å². The largest absolute Gasteiger partial charge is 0.488 e. The van der Waals surface area contributed by atoms with Crippen LogP contribution >= 0.6 is 0 Å². The molecule has 1 aromatic heterocycles. The van der Waals surface area contributed by atoms with Crippen molar-refractivity contribution < 1.29 is 9.47 Å². The smallest absolute Gasteiger partial charge is 0.256 e. The Balaban J connectivity index is 1.88. The molecule has 0 aliphatic carbocycles. The molecule has 2 heterocycles. The number of rotatable bonds is 4. The Morgan fingerprint density at radius 1 is 1.56 bits per heavy atom. The maximum Gasteiger partial charge on any atom is 0.256 e. The molecule has 0 spiro atoms. The zero-order chi connectivity index (χ0) is 11.2. The zero-order valence-electron chi connectivity index (χ0n) is 9.61. The fourth-order valence-electron chi connectivity index (χ4n) is 1.91. The number of pyridine rings is 1. The van der Waals surface area contributed by atoms with Gasteiger partial charge >= 0.3 is 0 Å². The van der Waals surface area contributed by atoms with E-state index in [0.29, 0.717) is 11.8 Å². The molecule has 4 nitrogen and oxygen atoms in total. The third-order valence-corrected chi connectivity index (χ3v) is 2.80. The molecule has 1 N–H and O–H groups in total. The molecule has 0 saturated carbocycles. The summed E-state index contributed by atoms with van der Waals surface area (Å²) < 4.78 is 10.9. The Kier molecular flexibility index (Phi) is 3.99. The zero-order valence-corrected chi connectivity index (χ0v) is 9.61. The normalized spacial score (nSPS) is 20.4. The van der Waals surface area contributed by atoms with Crippen LogP contribution in [0.4, 0.5) is 0 Å². The van der Waals surface area contributed by atoms with Gasteiger partial charge in [0, 0.05) is 18.7 Å². The van der Waals surface area contributed by atoms with Gasteiger partial charge in [0.25, 0.3) is 5.88 Å². The van der Waals surface area contributed by atoms with Crippen LogP contribution < -0.4 is 14.8 Å². The second-order valence-corrected chi connectivity index (χ2v) is 4.03. The van der Waals surface area contributed by atoms with Crippen molar-refractivity contribution in [3.05, 3.63) is 18.3 Å². The van der Waals surface area contributed by atoms with Crippen LogP contribution in [0.15, 0.2) is 18.3 Å². The first-order valence-corrected chi connectivity index (χ1v) is 5.72. The fourth-order valence-corrected chi connectivity index (χ4v) is 1.91. The minimum Gasteiger partial charge on any atom is -0.488 e. The van der Waals surface area contributed by atoms with E-state index < -0.39 is 0 Å². The molecular formula is C12H18N2O2. The predicted octanol–water partition coefficient (Wildman–Crippen LogP) is 1.47. The van der Waals surface area contributed by atoms with Gasteiger partial charge in [0.15, 0.2) is 5.75 Å². The molecule has 1 aliphatic rings. The van der Waals surface area contributed by atoms with E-state index in [0.717, 1.165) is 25.4 Å². The van der Waals surface area contributed by atoms with Crippen molar-refractivity contribution in [3.8, 4) is 11.6 Å². The van der Waals surface area contributed by atoms with Gasteiger partial charge in [0.1, 0.15) is 0 Å². The Morgan fingerprint density at radius 3 is 3.25 bits per heavy atom. The second kappa shape index (κ2) is 5.70. The summed E-state index contributed by atoms with van der Waals surface area (Å²) in [4.78, 5) is 4.10. The standard InChI is InChI=1S/C12H18N2O2/c1-15-12-11(5-3-7-14-12)16-9-10-4-2-6-13-8-10/h3,5,7,10,13H,2,4,6,8-9H2,1H3. The van der Waals surface area contributed by atoms with Gasteiger partial charge in [-0.3, -0.25) is 0 Å². The quantitative estimate of drug-likeness (QED) is 0.837. The molecule has 0 aromatic carbocycles. The summed E-state index contributed by atoms with van der Waals surface area (Å²) in [5.74, 6) is 1.89. The fraction of sp³-hybridized carbons (Fsp3) is 0.583. The summed E-state index contributed by atoms with van der Waals surface area (Å²) in [6, 6.07) is 3.75. The van der Waals surface area contributed by atoms with Gasteiger partial charge < -0.3 is 14.8 Å². The first-order valence-electron chi connectivity index (χ1n) is 5.72. The third kappa shape index (κ3) is 2.85. The summed E-state index contributed by atoms with van der Waals surface area (Å²) in [6.45, 7) is 2.91. The Morgan fingerprint density at radius 2 is 2.50 bits per heavy atom. The maximum absolute atomic E-state index is 5.74. The molecule has 1 aromatic rings. The first-order chi connectivity index (χ1) is 7.90. The molecule has 0 bridgehead atoms. The van der Waals surface area contributed by atoms with Crippen LogP contribution in [0.3, 0.4) is 0 Å². The van der Waals surface area contributed by atoms with Crippen molar-refractivity contribution in [1.82, 2.24) is 10.3 Å². The van der Waals surface area contributed by atoms with Crippen molar-refractivity contribution in [2.45, 2.75) is 12.8 Å². The van der Waals surface area contributed by atoms with Crippen molar-refractivity contribution in [2.24, 2.45) is 5.92 Å². The van der Waals surface area contributed by atoms with Crippen molar-refractivity contribution in [3.63, 3.8) is 0 Å². The van der Waals surface area contributed by atoms with E-state index in [9.17, 15) is 0 Å². The van der Waals surface area contributed by atoms with Gasteiger partial charge in [-0.05, 0) is 31.5 Å². The number of nitrogens with zero attached hydrogens (tertiary/aromatic N) is 1. The van der Waals surface area contributed by atoms with E-state index in [2.05, 4.69) is 10.3 Å². The number of hydrogen-bond donors (Lipinski definition) is 1. The van der Waals surface area contributed by atoms with Gasteiger partial charge in [0.05, 0.1) is 13.7 Å². The van der Waals surface area contributed by atoms with E-state index in [1.807, 2.05) is 12.1 Å².